The number of aliphatic hydroxyl groups is 2. The van der Waals surface area contributed by atoms with Crippen molar-refractivity contribution in [2.45, 2.75) is 12.2 Å². The van der Waals surface area contributed by atoms with Crippen molar-refractivity contribution in [1.29, 1.82) is 0 Å². The molecular formula is C16H16N2O2. The van der Waals surface area contributed by atoms with E-state index in [1.54, 1.807) is 0 Å². The van der Waals surface area contributed by atoms with Crippen LogP contribution in [0.15, 0.2) is 70.6 Å². The molecule has 0 bridgehead atoms. The number of para-hydroxylation sites is 2. The largest absolute Gasteiger partial charge is 0.384 e. The molecule has 102 valence electrons. The number of hydrogen-bond donors (Lipinski definition) is 2. The van der Waals surface area contributed by atoms with E-state index in [4.69, 9.17) is 0 Å². The molecule has 0 aliphatic rings. The number of rotatable bonds is 5. The summed E-state index contributed by atoms with van der Waals surface area (Å²) in [5.74, 6) is 0. The lowest BCUT2D eigenvalue weighted by Gasteiger charge is -2.08. The molecule has 2 atom stereocenters. The second kappa shape index (κ2) is 7.33. The molecule has 0 aromatic heterocycles. The van der Waals surface area contributed by atoms with Gasteiger partial charge < -0.3 is 10.2 Å². The van der Waals surface area contributed by atoms with E-state index in [1.165, 1.54) is 12.4 Å². The molecular weight excluding hydrogens is 252 g/mol. The van der Waals surface area contributed by atoms with E-state index in [2.05, 4.69) is 9.98 Å². The van der Waals surface area contributed by atoms with Gasteiger partial charge in [-0.3, -0.25) is 9.98 Å². The second-order valence-electron chi connectivity index (χ2n) is 4.21. The van der Waals surface area contributed by atoms with E-state index in [-0.39, 0.29) is 0 Å². The maximum atomic E-state index is 9.77. The summed E-state index contributed by atoms with van der Waals surface area (Å²) < 4.78 is 0. The Hall–Kier alpha value is -2.30. The average molecular weight is 268 g/mol. The number of nitrogens with zero attached hydrogens (tertiary/aromatic N) is 2. The summed E-state index contributed by atoms with van der Waals surface area (Å²) in [4.78, 5) is 8.17. The molecule has 2 aromatic rings. The molecule has 2 aromatic carbocycles. The zero-order valence-corrected chi connectivity index (χ0v) is 10.9. The molecule has 20 heavy (non-hydrogen) atoms. The van der Waals surface area contributed by atoms with Gasteiger partial charge in [0.05, 0.1) is 11.4 Å². The Morgan fingerprint density at radius 3 is 1.35 bits per heavy atom. The van der Waals surface area contributed by atoms with Crippen molar-refractivity contribution in [2.75, 3.05) is 0 Å². The van der Waals surface area contributed by atoms with Crippen LogP contribution in [-0.2, 0) is 0 Å². The van der Waals surface area contributed by atoms with Crippen LogP contribution in [0.5, 0.6) is 0 Å². The highest BCUT2D eigenvalue weighted by Gasteiger charge is 2.10. The third kappa shape index (κ3) is 4.42. The molecule has 0 aliphatic carbocycles. The molecule has 2 N–H and O–H groups in total. The smallest absolute Gasteiger partial charge is 0.120 e. The minimum Gasteiger partial charge on any atom is -0.384 e. The summed E-state index contributed by atoms with van der Waals surface area (Å²) >= 11 is 0. The van der Waals surface area contributed by atoms with Crippen LogP contribution in [0.3, 0.4) is 0 Å². The van der Waals surface area contributed by atoms with Gasteiger partial charge in [-0.2, -0.15) is 0 Å². The summed E-state index contributed by atoms with van der Waals surface area (Å²) in [6.07, 6.45) is 0.416. The monoisotopic (exact) mass is 268 g/mol. The van der Waals surface area contributed by atoms with Gasteiger partial charge in [0.1, 0.15) is 12.2 Å². The predicted molar refractivity (Wildman–Crippen MR) is 81.2 cm³/mol. The van der Waals surface area contributed by atoms with Crippen LogP contribution in [0.1, 0.15) is 0 Å². The first-order chi connectivity index (χ1) is 9.75. The summed E-state index contributed by atoms with van der Waals surface area (Å²) in [6, 6.07) is 18.4. The lowest BCUT2D eigenvalue weighted by atomic mass is 10.2. The van der Waals surface area contributed by atoms with Gasteiger partial charge in [0.2, 0.25) is 0 Å². The van der Waals surface area contributed by atoms with Crippen LogP contribution >= 0.6 is 0 Å². The van der Waals surface area contributed by atoms with Crippen molar-refractivity contribution in [2.24, 2.45) is 9.98 Å². The van der Waals surface area contributed by atoms with Gasteiger partial charge in [-0.25, -0.2) is 0 Å². The quantitative estimate of drug-likeness (QED) is 0.818. The Morgan fingerprint density at radius 1 is 0.650 bits per heavy atom. The maximum absolute atomic E-state index is 9.77. The van der Waals surface area contributed by atoms with E-state index in [1.807, 2.05) is 60.7 Å². The highest BCUT2D eigenvalue weighted by molar-refractivity contribution is 5.77. The SMILES string of the molecule is OC(C=Nc1ccccc1)C(O)C=Nc1ccccc1. The molecule has 0 heterocycles. The van der Waals surface area contributed by atoms with Gasteiger partial charge in [-0.1, -0.05) is 36.4 Å². The first kappa shape index (κ1) is 14.1. The minimum absolute atomic E-state index is 0.721. The molecule has 0 saturated heterocycles. The summed E-state index contributed by atoms with van der Waals surface area (Å²) in [7, 11) is 0. The fourth-order valence-corrected chi connectivity index (χ4v) is 1.53. The Labute approximate surface area is 117 Å². The van der Waals surface area contributed by atoms with Crippen molar-refractivity contribution < 1.29 is 10.2 Å². The molecule has 2 rings (SSSR count). The van der Waals surface area contributed by atoms with Crippen LogP contribution in [0.4, 0.5) is 11.4 Å². The molecule has 0 spiro atoms. The first-order valence-corrected chi connectivity index (χ1v) is 6.30. The Morgan fingerprint density at radius 2 is 1.00 bits per heavy atom. The Balaban J connectivity index is 1.94. The third-order valence-electron chi connectivity index (χ3n) is 2.61. The van der Waals surface area contributed by atoms with Crippen LogP contribution < -0.4 is 0 Å². The molecule has 0 amide bonds. The van der Waals surface area contributed by atoms with E-state index in [9.17, 15) is 10.2 Å². The van der Waals surface area contributed by atoms with Crippen molar-refractivity contribution in [3.8, 4) is 0 Å². The summed E-state index contributed by atoms with van der Waals surface area (Å²) in [5, 5.41) is 19.5. The molecule has 0 saturated carbocycles. The maximum Gasteiger partial charge on any atom is 0.120 e. The number of benzene rings is 2. The van der Waals surface area contributed by atoms with Crippen LogP contribution in [0, 0.1) is 0 Å². The van der Waals surface area contributed by atoms with E-state index in [0.717, 1.165) is 11.4 Å². The van der Waals surface area contributed by atoms with Crippen LogP contribution in [0.2, 0.25) is 0 Å². The minimum atomic E-state index is -1.09. The Bertz CT molecular complexity index is 514. The van der Waals surface area contributed by atoms with Crippen LogP contribution in [0.25, 0.3) is 0 Å². The molecule has 0 radical (unpaired) electrons. The number of hydrogen-bond acceptors (Lipinski definition) is 4. The zero-order chi connectivity index (χ0) is 14.2. The van der Waals surface area contributed by atoms with Gasteiger partial charge in [-0.15, -0.1) is 0 Å². The zero-order valence-electron chi connectivity index (χ0n) is 10.9. The first-order valence-electron chi connectivity index (χ1n) is 6.30. The molecule has 0 fully saturated rings. The number of aliphatic imine (C=N–C) groups is 2. The van der Waals surface area contributed by atoms with E-state index in [0.29, 0.717) is 0 Å². The lowest BCUT2D eigenvalue weighted by molar-refractivity contribution is 0.112. The van der Waals surface area contributed by atoms with Gasteiger partial charge in [0, 0.05) is 12.4 Å². The van der Waals surface area contributed by atoms with Crippen molar-refractivity contribution in [3.63, 3.8) is 0 Å². The highest BCUT2D eigenvalue weighted by Crippen LogP contribution is 2.10. The molecule has 2 unspecified atom stereocenters. The normalized spacial score (nSPS) is 14.7. The summed E-state index contributed by atoms with van der Waals surface area (Å²) in [6.45, 7) is 0. The fraction of sp³-hybridized carbons (Fsp3) is 0.125. The lowest BCUT2D eigenvalue weighted by Crippen LogP contribution is -2.28. The Kier molecular flexibility index (Phi) is 5.17. The van der Waals surface area contributed by atoms with Crippen molar-refractivity contribution in [1.82, 2.24) is 0 Å². The highest BCUT2D eigenvalue weighted by atomic mass is 16.3. The van der Waals surface area contributed by atoms with E-state index < -0.39 is 12.2 Å². The van der Waals surface area contributed by atoms with Gasteiger partial charge in [-0.05, 0) is 24.3 Å². The second-order valence-corrected chi connectivity index (χ2v) is 4.21. The standard InChI is InChI=1S/C16H16N2O2/c19-15(11-17-13-7-3-1-4-8-13)16(20)12-18-14-9-5-2-6-10-14/h1-12,15-16,19-20H. The summed E-state index contributed by atoms with van der Waals surface area (Å²) in [5.41, 5.74) is 1.44. The number of aliphatic hydroxyl groups excluding tert-OH is 2. The fourth-order valence-electron chi connectivity index (χ4n) is 1.53. The van der Waals surface area contributed by atoms with Gasteiger partial charge >= 0.3 is 0 Å². The van der Waals surface area contributed by atoms with Crippen molar-refractivity contribution in [3.05, 3.63) is 60.7 Å². The van der Waals surface area contributed by atoms with Gasteiger partial charge in [0.25, 0.3) is 0 Å². The third-order valence-corrected chi connectivity index (χ3v) is 2.61. The van der Waals surface area contributed by atoms with Crippen LogP contribution in [-0.4, -0.2) is 34.9 Å². The average Bonchev–Trinajstić information content (AvgIpc) is 2.52. The molecule has 4 nitrogen and oxygen atoms in total. The van der Waals surface area contributed by atoms with Crippen molar-refractivity contribution >= 4 is 23.8 Å². The predicted octanol–water partition coefficient (Wildman–Crippen LogP) is 2.51. The van der Waals surface area contributed by atoms with E-state index >= 15 is 0 Å². The van der Waals surface area contributed by atoms with Gasteiger partial charge in [0.15, 0.2) is 0 Å². The topological polar surface area (TPSA) is 65.2 Å². The molecule has 0 aliphatic heterocycles. The molecule has 4 heteroatoms.